The van der Waals surface area contributed by atoms with Crippen molar-refractivity contribution < 1.29 is 0 Å². The molecule has 2 nitrogen and oxygen atoms in total. The van der Waals surface area contributed by atoms with Crippen LogP contribution in [-0.4, -0.2) is 24.0 Å². The van der Waals surface area contributed by atoms with Gasteiger partial charge in [-0.25, -0.2) is 0 Å². The number of nitrogens with zero attached hydrogens (tertiary/aromatic N) is 1. The van der Waals surface area contributed by atoms with Crippen molar-refractivity contribution in [2.24, 2.45) is 11.7 Å². The maximum atomic E-state index is 6.25. The Morgan fingerprint density at radius 1 is 1.21 bits per heavy atom. The van der Waals surface area contributed by atoms with Crippen LogP contribution in [0.25, 0.3) is 0 Å². The summed E-state index contributed by atoms with van der Waals surface area (Å²) in [6.07, 6.45) is 5.38. The molecule has 2 N–H and O–H groups in total. The molecule has 0 saturated carbocycles. The average molecular weight is 260 g/mol. The summed E-state index contributed by atoms with van der Waals surface area (Å²) in [4.78, 5) is 2.59. The third-order valence-corrected chi connectivity index (χ3v) is 4.38. The molecule has 0 radical (unpaired) electrons. The second-order valence-corrected chi connectivity index (χ2v) is 5.98. The summed E-state index contributed by atoms with van der Waals surface area (Å²) < 4.78 is 0. The van der Waals surface area contributed by atoms with Gasteiger partial charge in [-0.1, -0.05) is 50.1 Å². The zero-order valence-corrected chi connectivity index (χ0v) is 12.4. The van der Waals surface area contributed by atoms with Gasteiger partial charge in [0.2, 0.25) is 0 Å². The molecule has 0 aromatic heterocycles. The van der Waals surface area contributed by atoms with E-state index in [0.29, 0.717) is 6.04 Å². The van der Waals surface area contributed by atoms with Gasteiger partial charge in [-0.3, -0.25) is 4.90 Å². The summed E-state index contributed by atoms with van der Waals surface area (Å²) >= 11 is 0. The molecule has 1 aliphatic rings. The third kappa shape index (κ3) is 3.80. The van der Waals surface area contributed by atoms with E-state index in [2.05, 4.69) is 49.1 Å². The molecule has 2 atom stereocenters. The molecule has 1 fully saturated rings. The predicted octanol–water partition coefficient (Wildman–Crippen LogP) is 3.59. The molecule has 0 spiro atoms. The quantitative estimate of drug-likeness (QED) is 0.876. The summed E-state index contributed by atoms with van der Waals surface area (Å²) in [5.74, 6) is 0.936. The Kier molecular flexibility index (Phi) is 5.41. The van der Waals surface area contributed by atoms with Gasteiger partial charge in [-0.15, -0.1) is 0 Å². The first-order valence-corrected chi connectivity index (χ1v) is 7.77. The first-order valence-electron chi connectivity index (χ1n) is 7.77. The molecule has 2 heteroatoms. The van der Waals surface area contributed by atoms with Crippen molar-refractivity contribution in [3.63, 3.8) is 0 Å². The highest BCUT2D eigenvalue weighted by Crippen LogP contribution is 2.30. The topological polar surface area (TPSA) is 29.3 Å². The van der Waals surface area contributed by atoms with E-state index in [1.54, 1.807) is 0 Å². The predicted molar refractivity (Wildman–Crippen MR) is 82.0 cm³/mol. The maximum absolute atomic E-state index is 6.25. The fourth-order valence-corrected chi connectivity index (χ4v) is 3.43. The van der Waals surface area contributed by atoms with Gasteiger partial charge in [0, 0.05) is 12.1 Å². The molecular weight excluding hydrogens is 232 g/mol. The van der Waals surface area contributed by atoms with Crippen LogP contribution >= 0.6 is 0 Å². The number of nitrogens with two attached hydrogens (primary N) is 1. The lowest BCUT2D eigenvalue weighted by Crippen LogP contribution is -2.43. The number of hydrogen-bond donors (Lipinski definition) is 1. The van der Waals surface area contributed by atoms with E-state index in [4.69, 9.17) is 5.73 Å². The number of likely N-dealkylation sites (tertiary alicyclic amines) is 1. The summed E-state index contributed by atoms with van der Waals surface area (Å²) in [7, 11) is 0. The van der Waals surface area contributed by atoms with Crippen LogP contribution in [0.1, 0.15) is 51.1 Å². The largest absolute Gasteiger partial charge is 0.326 e. The van der Waals surface area contributed by atoms with E-state index in [1.807, 2.05) is 0 Å². The van der Waals surface area contributed by atoms with Crippen molar-refractivity contribution in [2.45, 2.75) is 51.6 Å². The minimum absolute atomic E-state index is 0.185. The second kappa shape index (κ2) is 7.06. The fourth-order valence-electron chi connectivity index (χ4n) is 3.43. The molecule has 1 saturated heterocycles. The van der Waals surface area contributed by atoms with Gasteiger partial charge < -0.3 is 5.73 Å². The van der Waals surface area contributed by atoms with E-state index < -0.39 is 0 Å². The normalized spacial score (nSPS) is 21.2. The van der Waals surface area contributed by atoms with E-state index in [-0.39, 0.29) is 6.04 Å². The van der Waals surface area contributed by atoms with E-state index >= 15 is 0 Å². The molecule has 0 amide bonds. The SMILES string of the molecule is CCCC1CCN(C(c2ccccc2)C(C)N)CC1. The smallest absolute Gasteiger partial charge is 0.0496 e. The number of hydrogen-bond acceptors (Lipinski definition) is 2. The number of piperidine rings is 1. The summed E-state index contributed by atoms with van der Waals surface area (Å²) in [6, 6.07) is 11.3. The molecule has 1 aromatic rings. The van der Waals surface area contributed by atoms with Gasteiger partial charge in [0.15, 0.2) is 0 Å². The van der Waals surface area contributed by atoms with Crippen LogP contribution in [0.5, 0.6) is 0 Å². The number of rotatable bonds is 5. The van der Waals surface area contributed by atoms with Gasteiger partial charge in [0.05, 0.1) is 0 Å². The first kappa shape index (κ1) is 14.5. The Bertz CT molecular complexity index is 353. The van der Waals surface area contributed by atoms with Gasteiger partial charge in [0.25, 0.3) is 0 Å². The molecule has 2 unspecified atom stereocenters. The van der Waals surface area contributed by atoms with Crippen LogP contribution in [0.2, 0.25) is 0 Å². The Balaban J connectivity index is 2.02. The van der Waals surface area contributed by atoms with Crippen molar-refractivity contribution in [3.8, 4) is 0 Å². The van der Waals surface area contributed by atoms with Crippen molar-refractivity contribution in [2.75, 3.05) is 13.1 Å². The molecule has 1 aromatic carbocycles. The second-order valence-electron chi connectivity index (χ2n) is 5.98. The highest BCUT2D eigenvalue weighted by Gasteiger charge is 2.27. The van der Waals surface area contributed by atoms with Crippen LogP contribution in [0.15, 0.2) is 30.3 Å². The number of benzene rings is 1. The lowest BCUT2D eigenvalue weighted by atomic mass is 9.89. The van der Waals surface area contributed by atoms with Gasteiger partial charge >= 0.3 is 0 Å². The van der Waals surface area contributed by atoms with Gasteiger partial charge in [-0.05, 0) is 44.3 Å². The molecule has 1 heterocycles. The van der Waals surface area contributed by atoms with Gasteiger partial charge in [0.1, 0.15) is 0 Å². The lowest BCUT2D eigenvalue weighted by molar-refractivity contribution is 0.115. The molecule has 0 aliphatic carbocycles. The summed E-state index contributed by atoms with van der Waals surface area (Å²) in [5.41, 5.74) is 7.62. The van der Waals surface area contributed by atoms with Crippen molar-refractivity contribution in [3.05, 3.63) is 35.9 Å². The van der Waals surface area contributed by atoms with Crippen molar-refractivity contribution in [1.29, 1.82) is 0 Å². The van der Waals surface area contributed by atoms with Crippen LogP contribution in [-0.2, 0) is 0 Å². The monoisotopic (exact) mass is 260 g/mol. The maximum Gasteiger partial charge on any atom is 0.0496 e. The Morgan fingerprint density at radius 2 is 1.84 bits per heavy atom. The molecule has 0 bridgehead atoms. The molecule has 1 aliphatic heterocycles. The van der Waals surface area contributed by atoms with Gasteiger partial charge in [-0.2, -0.15) is 0 Å². The van der Waals surface area contributed by atoms with E-state index in [9.17, 15) is 0 Å². The minimum atomic E-state index is 0.185. The Labute approximate surface area is 118 Å². The Morgan fingerprint density at radius 3 is 2.37 bits per heavy atom. The molecule has 19 heavy (non-hydrogen) atoms. The average Bonchev–Trinajstić information content (AvgIpc) is 2.42. The highest BCUT2D eigenvalue weighted by atomic mass is 15.2. The third-order valence-electron chi connectivity index (χ3n) is 4.38. The lowest BCUT2D eigenvalue weighted by Gasteiger charge is -2.39. The van der Waals surface area contributed by atoms with Crippen LogP contribution in [0.3, 0.4) is 0 Å². The van der Waals surface area contributed by atoms with Crippen LogP contribution < -0.4 is 5.73 Å². The standard InChI is InChI=1S/C17H28N2/c1-3-7-15-10-12-19(13-11-15)17(14(2)18)16-8-5-4-6-9-16/h4-6,8-9,14-15,17H,3,7,10-13,18H2,1-2H3. The highest BCUT2D eigenvalue weighted by molar-refractivity contribution is 5.20. The van der Waals surface area contributed by atoms with E-state index in [1.165, 1.54) is 44.3 Å². The Hall–Kier alpha value is -0.860. The minimum Gasteiger partial charge on any atom is -0.326 e. The molecule has 106 valence electrons. The van der Waals surface area contributed by atoms with Crippen molar-refractivity contribution in [1.82, 2.24) is 4.90 Å². The van der Waals surface area contributed by atoms with Crippen LogP contribution in [0.4, 0.5) is 0 Å². The fraction of sp³-hybridized carbons (Fsp3) is 0.647. The van der Waals surface area contributed by atoms with Crippen LogP contribution in [0, 0.1) is 5.92 Å². The zero-order chi connectivity index (χ0) is 13.7. The van der Waals surface area contributed by atoms with E-state index in [0.717, 1.165) is 5.92 Å². The van der Waals surface area contributed by atoms with Crippen molar-refractivity contribution >= 4 is 0 Å². The zero-order valence-electron chi connectivity index (χ0n) is 12.4. The molecular formula is C17H28N2. The summed E-state index contributed by atoms with van der Waals surface area (Å²) in [5, 5.41) is 0. The molecule has 2 rings (SSSR count). The summed E-state index contributed by atoms with van der Waals surface area (Å²) in [6.45, 7) is 6.83. The first-order chi connectivity index (χ1) is 9.22.